The van der Waals surface area contributed by atoms with E-state index >= 15 is 8.78 Å². The fourth-order valence-electron chi connectivity index (χ4n) is 7.34. The van der Waals surface area contributed by atoms with E-state index < -0.39 is 17.2 Å². The molecule has 2 aromatic heterocycles. The quantitative estimate of drug-likeness (QED) is 0.242. The van der Waals surface area contributed by atoms with E-state index in [9.17, 15) is 5.26 Å². The zero-order valence-corrected chi connectivity index (χ0v) is 29.6. The first kappa shape index (κ1) is 33.6. The molecule has 11 nitrogen and oxygen atoms in total. The number of rotatable bonds is 9. The molecule has 3 aliphatic heterocycles. The summed E-state index contributed by atoms with van der Waals surface area (Å²) in [6.45, 7) is 6.90. The van der Waals surface area contributed by atoms with Crippen molar-refractivity contribution >= 4 is 54.7 Å². The van der Waals surface area contributed by atoms with Gasteiger partial charge in [-0.25, -0.2) is 8.78 Å². The van der Waals surface area contributed by atoms with Crippen LogP contribution in [-0.4, -0.2) is 112 Å². The number of benzene rings is 2. The average Bonchev–Trinajstić information content (AvgIpc) is 3.75. The molecule has 2 N–H and O–H groups in total. The molecule has 1 saturated carbocycles. The molecule has 2 saturated heterocycles. The van der Waals surface area contributed by atoms with Crippen molar-refractivity contribution in [3.05, 3.63) is 34.4 Å². The summed E-state index contributed by atoms with van der Waals surface area (Å²) in [6.07, 6.45) is 2.63. The number of ether oxygens (including phenoxy) is 4. The van der Waals surface area contributed by atoms with E-state index in [2.05, 4.69) is 20.8 Å². The lowest BCUT2D eigenvalue weighted by molar-refractivity contribution is -0.0671. The second kappa shape index (κ2) is 12.9. The van der Waals surface area contributed by atoms with Gasteiger partial charge >= 0.3 is 6.01 Å². The second-order valence-corrected chi connectivity index (χ2v) is 15.5. The first-order valence-corrected chi connectivity index (χ1v) is 18.0. The number of anilines is 2. The van der Waals surface area contributed by atoms with Crippen molar-refractivity contribution in [2.24, 2.45) is 5.41 Å². The lowest BCUT2D eigenvalue weighted by atomic mass is 9.89. The van der Waals surface area contributed by atoms with Gasteiger partial charge in [-0.2, -0.15) is 15.2 Å². The van der Waals surface area contributed by atoms with Crippen LogP contribution in [0.25, 0.3) is 32.1 Å². The number of nitrogens with two attached hydrogens (primary N) is 1. The summed E-state index contributed by atoms with van der Waals surface area (Å²) >= 11 is 8.07. The zero-order chi connectivity index (χ0) is 34.8. The largest absolute Gasteiger partial charge is 0.491 e. The van der Waals surface area contributed by atoms with Crippen LogP contribution in [0.5, 0.6) is 11.8 Å². The summed E-state index contributed by atoms with van der Waals surface area (Å²) in [5, 5.41) is 10.6. The van der Waals surface area contributed by atoms with Crippen molar-refractivity contribution in [2.75, 3.05) is 97.1 Å². The highest BCUT2D eigenvalue weighted by Gasteiger charge is 2.48. The number of aromatic nitrogens is 2. The molecule has 5 heterocycles. The molecule has 50 heavy (non-hydrogen) atoms. The third-order valence-electron chi connectivity index (χ3n) is 10.4. The molecule has 8 rings (SSSR count). The molecule has 2 aromatic carbocycles. The Morgan fingerprint density at radius 3 is 2.56 bits per heavy atom. The number of morpholine rings is 1. The van der Waals surface area contributed by atoms with E-state index in [0.29, 0.717) is 63.7 Å². The number of thiophene rings is 1. The van der Waals surface area contributed by atoms with E-state index in [1.807, 2.05) is 14.1 Å². The standard InChI is InChI=1S/C35H38ClF2N7O4S/c1-43(2)8-9-45-32-25-28(41-33(42-32)49-17-34(5-6-34)16-44-10-13-46-14-11-44)27(38)24(26(36)29(25)48-12-7-35(45)18-47-19-35)20-3-4-22(37)30-23(20)21(15-39)31(40)50-30/h3-4H,5-14,16-19,40H2,1-2H3. The molecule has 0 atom stereocenters. The van der Waals surface area contributed by atoms with Crippen molar-refractivity contribution in [1.29, 1.82) is 5.26 Å². The Morgan fingerprint density at radius 2 is 1.88 bits per heavy atom. The Hall–Kier alpha value is -3.58. The molecular weight excluding hydrogens is 688 g/mol. The van der Waals surface area contributed by atoms with E-state index in [1.54, 1.807) is 0 Å². The summed E-state index contributed by atoms with van der Waals surface area (Å²) in [6, 6.07) is 4.76. The molecule has 0 amide bonds. The van der Waals surface area contributed by atoms with Crippen molar-refractivity contribution in [1.82, 2.24) is 19.8 Å². The summed E-state index contributed by atoms with van der Waals surface area (Å²) in [5.41, 5.74) is 5.85. The molecule has 15 heteroatoms. The van der Waals surface area contributed by atoms with Crippen LogP contribution in [0.1, 0.15) is 24.8 Å². The first-order chi connectivity index (χ1) is 24.1. The average molecular weight is 726 g/mol. The molecule has 4 aliphatic rings. The van der Waals surface area contributed by atoms with Crippen LogP contribution in [0.15, 0.2) is 12.1 Å². The summed E-state index contributed by atoms with van der Waals surface area (Å²) in [4.78, 5) is 16.4. The Balaban J connectivity index is 1.32. The van der Waals surface area contributed by atoms with E-state index in [4.69, 9.17) is 46.3 Å². The minimum absolute atomic E-state index is 0.0223. The molecule has 0 bridgehead atoms. The SMILES string of the molecule is CN(C)CCN1c2nc(OCC3(CN4CCOCC4)CC3)nc3c(F)c(-c4ccc(F)c5sc(N)c(C#N)c45)c(Cl)c(c23)OCCC12COC2. The Morgan fingerprint density at radius 1 is 1.10 bits per heavy atom. The van der Waals surface area contributed by atoms with Gasteiger partial charge in [0, 0.05) is 55.5 Å². The maximum Gasteiger partial charge on any atom is 0.319 e. The van der Waals surface area contributed by atoms with Gasteiger partial charge in [0.25, 0.3) is 0 Å². The second-order valence-electron chi connectivity index (χ2n) is 14.1. The number of hydrogen-bond acceptors (Lipinski definition) is 12. The number of nitrogens with zero attached hydrogens (tertiary/aromatic N) is 6. The van der Waals surface area contributed by atoms with Gasteiger partial charge in [-0.05, 0) is 38.6 Å². The first-order valence-electron chi connectivity index (χ1n) is 16.8. The van der Waals surface area contributed by atoms with Gasteiger partial charge in [-0.1, -0.05) is 17.7 Å². The predicted molar refractivity (Wildman–Crippen MR) is 188 cm³/mol. The monoisotopic (exact) mass is 725 g/mol. The normalized spacial score (nSPS) is 19.7. The highest BCUT2D eigenvalue weighted by molar-refractivity contribution is 7.23. The number of fused-ring (bicyclic) bond motifs is 1. The van der Waals surface area contributed by atoms with E-state index in [0.717, 1.165) is 43.8 Å². The maximum absolute atomic E-state index is 17.4. The smallest absolute Gasteiger partial charge is 0.319 e. The number of likely N-dealkylation sites (N-methyl/N-ethyl adjacent to an activating group) is 1. The summed E-state index contributed by atoms with van der Waals surface area (Å²) in [5.74, 6) is -0.651. The number of hydrogen-bond donors (Lipinski definition) is 1. The summed E-state index contributed by atoms with van der Waals surface area (Å²) < 4.78 is 56.7. The number of halogens is 3. The molecule has 4 aromatic rings. The van der Waals surface area contributed by atoms with Gasteiger partial charge in [0.1, 0.15) is 28.2 Å². The third-order valence-corrected chi connectivity index (χ3v) is 11.8. The van der Waals surface area contributed by atoms with Gasteiger partial charge in [0.15, 0.2) is 11.6 Å². The minimum Gasteiger partial charge on any atom is -0.491 e. The van der Waals surface area contributed by atoms with Gasteiger partial charge in [0.2, 0.25) is 0 Å². The topological polar surface area (TPSA) is 122 Å². The molecule has 0 unspecified atom stereocenters. The van der Waals surface area contributed by atoms with Crippen LogP contribution >= 0.6 is 22.9 Å². The van der Waals surface area contributed by atoms with Crippen LogP contribution < -0.4 is 20.1 Å². The van der Waals surface area contributed by atoms with Crippen LogP contribution in [0.4, 0.5) is 19.6 Å². The Bertz CT molecular complexity index is 2020. The fraction of sp³-hybridized carbons (Fsp3) is 0.514. The predicted octanol–water partition coefficient (Wildman–Crippen LogP) is 5.31. The van der Waals surface area contributed by atoms with Gasteiger partial charge in [-0.3, -0.25) is 4.90 Å². The van der Waals surface area contributed by atoms with Crippen molar-refractivity contribution in [3.8, 4) is 29.0 Å². The van der Waals surface area contributed by atoms with E-state index in [-0.39, 0.29) is 66.1 Å². The Labute approximate surface area is 297 Å². The number of nitriles is 1. The van der Waals surface area contributed by atoms with Gasteiger partial charge in [0.05, 0.1) is 65.9 Å². The molecule has 264 valence electrons. The van der Waals surface area contributed by atoms with Gasteiger partial charge in [-0.15, -0.1) is 11.3 Å². The molecule has 0 radical (unpaired) electrons. The minimum atomic E-state index is -0.756. The van der Waals surface area contributed by atoms with Gasteiger partial charge < -0.3 is 34.5 Å². The highest BCUT2D eigenvalue weighted by atomic mass is 35.5. The third kappa shape index (κ3) is 5.68. The fourth-order valence-corrected chi connectivity index (χ4v) is 8.62. The Kier molecular flexibility index (Phi) is 8.64. The van der Waals surface area contributed by atoms with E-state index in [1.165, 1.54) is 12.1 Å². The summed E-state index contributed by atoms with van der Waals surface area (Å²) in [7, 11) is 4.00. The highest BCUT2D eigenvalue weighted by Crippen LogP contribution is 2.52. The van der Waals surface area contributed by atoms with Crippen molar-refractivity contribution in [2.45, 2.75) is 24.8 Å². The van der Waals surface area contributed by atoms with Crippen molar-refractivity contribution in [3.63, 3.8) is 0 Å². The molecule has 1 aliphatic carbocycles. The molecular formula is C35H38ClF2N7O4S. The van der Waals surface area contributed by atoms with Crippen LogP contribution in [0, 0.1) is 28.4 Å². The lowest BCUT2D eigenvalue weighted by Gasteiger charge is -2.51. The zero-order valence-electron chi connectivity index (χ0n) is 28.0. The number of nitrogen functional groups attached to an aromatic ring is 1. The molecule has 1 spiro atoms. The van der Waals surface area contributed by atoms with Crippen LogP contribution in [0.3, 0.4) is 0 Å². The van der Waals surface area contributed by atoms with Crippen molar-refractivity contribution < 1.29 is 27.7 Å². The lowest BCUT2D eigenvalue weighted by Crippen LogP contribution is -2.64. The van der Waals surface area contributed by atoms with Crippen LogP contribution in [-0.2, 0) is 9.47 Å². The molecule has 3 fully saturated rings. The maximum atomic E-state index is 17.4. The van der Waals surface area contributed by atoms with Crippen LogP contribution in [0.2, 0.25) is 5.02 Å².